The van der Waals surface area contributed by atoms with Crippen molar-refractivity contribution in [2.75, 3.05) is 19.6 Å². The second-order valence-electron chi connectivity index (χ2n) is 4.42. The van der Waals surface area contributed by atoms with Gasteiger partial charge in [0.25, 0.3) is 0 Å². The van der Waals surface area contributed by atoms with Crippen LogP contribution >= 0.6 is 0 Å². The zero-order chi connectivity index (χ0) is 11.8. The number of nitrogens with one attached hydrogen (secondary N) is 2. The van der Waals surface area contributed by atoms with Crippen LogP contribution in [0.1, 0.15) is 32.1 Å². The first-order valence-corrected chi connectivity index (χ1v) is 6.20. The molecule has 1 rings (SSSR count). The van der Waals surface area contributed by atoms with Crippen molar-refractivity contribution in [2.45, 2.75) is 44.2 Å². The second-order valence-corrected chi connectivity index (χ2v) is 4.42. The predicted molar refractivity (Wildman–Crippen MR) is 64.9 cm³/mol. The lowest BCUT2D eigenvalue weighted by Crippen LogP contribution is -2.48. The van der Waals surface area contributed by atoms with E-state index in [9.17, 15) is 4.79 Å². The van der Waals surface area contributed by atoms with Gasteiger partial charge in [-0.15, -0.1) is 0 Å². The maximum Gasteiger partial charge on any atom is 0.237 e. The van der Waals surface area contributed by atoms with Gasteiger partial charge in [0.2, 0.25) is 5.91 Å². The van der Waals surface area contributed by atoms with Crippen LogP contribution in [0.3, 0.4) is 0 Å². The SMILES string of the molecule is NCCCC[C@H](N)C(=O)NC1CCNCC1. The van der Waals surface area contributed by atoms with Gasteiger partial charge in [-0.3, -0.25) is 4.79 Å². The molecule has 0 aliphatic carbocycles. The molecular weight excluding hydrogens is 204 g/mol. The standard InChI is InChI=1S/C11H24N4O/c12-6-2-1-3-10(13)11(16)15-9-4-7-14-8-5-9/h9-10,14H,1-8,12-13H2,(H,15,16)/t10-/m0/s1. The average Bonchev–Trinajstić information content (AvgIpc) is 2.30. The molecule has 1 aliphatic heterocycles. The van der Waals surface area contributed by atoms with Crippen LogP contribution in [0.15, 0.2) is 0 Å². The van der Waals surface area contributed by atoms with E-state index >= 15 is 0 Å². The van der Waals surface area contributed by atoms with Crippen molar-refractivity contribution < 1.29 is 4.79 Å². The topological polar surface area (TPSA) is 93.2 Å². The van der Waals surface area contributed by atoms with Gasteiger partial charge in [-0.25, -0.2) is 0 Å². The van der Waals surface area contributed by atoms with E-state index in [1.807, 2.05) is 0 Å². The van der Waals surface area contributed by atoms with Gasteiger partial charge in [0.15, 0.2) is 0 Å². The van der Waals surface area contributed by atoms with Gasteiger partial charge in [0, 0.05) is 6.04 Å². The summed E-state index contributed by atoms with van der Waals surface area (Å²) >= 11 is 0. The van der Waals surface area contributed by atoms with Crippen molar-refractivity contribution in [2.24, 2.45) is 11.5 Å². The largest absolute Gasteiger partial charge is 0.352 e. The number of carbonyl (C=O) groups excluding carboxylic acids is 1. The first-order valence-electron chi connectivity index (χ1n) is 6.20. The molecule has 0 bridgehead atoms. The Hall–Kier alpha value is -0.650. The molecule has 6 N–H and O–H groups in total. The fraction of sp³-hybridized carbons (Fsp3) is 0.909. The van der Waals surface area contributed by atoms with Crippen LogP contribution in [0.5, 0.6) is 0 Å². The smallest absolute Gasteiger partial charge is 0.237 e. The lowest BCUT2D eigenvalue weighted by atomic mass is 10.0. The molecule has 0 aromatic heterocycles. The molecule has 1 saturated heterocycles. The van der Waals surface area contributed by atoms with Gasteiger partial charge in [-0.2, -0.15) is 0 Å². The first kappa shape index (κ1) is 13.4. The van der Waals surface area contributed by atoms with Gasteiger partial charge >= 0.3 is 0 Å². The zero-order valence-electron chi connectivity index (χ0n) is 9.87. The highest BCUT2D eigenvalue weighted by molar-refractivity contribution is 5.81. The molecule has 0 spiro atoms. The van der Waals surface area contributed by atoms with Gasteiger partial charge in [-0.1, -0.05) is 6.42 Å². The number of rotatable bonds is 6. The van der Waals surface area contributed by atoms with Crippen molar-refractivity contribution in [3.63, 3.8) is 0 Å². The number of carbonyl (C=O) groups is 1. The summed E-state index contributed by atoms with van der Waals surface area (Å²) in [6, 6.07) is -0.0734. The lowest BCUT2D eigenvalue weighted by Gasteiger charge is -2.25. The van der Waals surface area contributed by atoms with Crippen molar-refractivity contribution in [3.8, 4) is 0 Å². The molecule has 0 unspecified atom stereocenters. The Morgan fingerprint density at radius 1 is 1.38 bits per heavy atom. The first-order chi connectivity index (χ1) is 7.74. The maximum absolute atomic E-state index is 11.7. The number of amides is 1. The molecule has 0 aromatic rings. The highest BCUT2D eigenvalue weighted by Crippen LogP contribution is 2.04. The van der Waals surface area contributed by atoms with Crippen LogP contribution in [-0.2, 0) is 4.79 Å². The van der Waals surface area contributed by atoms with Crippen LogP contribution < -0.4 is 22.1 Å². The molecule has 1 heterocycles. The fourth-order valence-electron chi connectivity index (χ4n) is 1.91. The minimum atomic E-state index is -0.374. The summed E-state index contributed by atoms with van der Waals surface area (Å²) in [5, 5.41) is 6.27. The van der Waals surface area contributed by atoms with Crippen LogP contribution in [0.2, 0.25) is 0 Å². The van der Waals surface area contributed by atoms with E-state index in [1.165, 1.54) is 0 Å². The van der Waals surface area contributed by atoms with E-state index in [-0.39, 0.29) is 11.9 Å². The minimum absolute atomic E-state index is 0.0103. The van der Waals surface area contributed by atoms with Gasteiger partial charge in [0.1, 0.15) is 0 Å². The molecule has 94 valence electrons. The third-order valence-corrected chi connectivity index (χ3v) is 2.99. The molecule has 5 heteroatoms. The summed E-state index contributed by atoms with van der Waals surface area (Å²) in [4.78, 5) is 11.7. The number of unbranched alkanes of at least 4 members (excludes halogenated alkanes) is 1. The lowest BCUT2D eigenvalue weighted by molar-refractivity contribution is -0.123. The Bertz CT molecular complexity index is 204. The molecule has 1 atom stereocenters. The number of nitrogens with two attached hydrogens (primary N) is 2. The molecule has 0 aromatic carbocycles. The van der Waals surface area contributed by atoms with Gasteiger partial charge in [-0.05, 0) is 45.3 Å². The number of hydrogen-bond acceptors (Lipinski definition) is 4. The van der Waals surface area contributed by atoms with Crippen molar-refractivity contribution in [1.82, 2.24) is 10.6 Å². The van der Waals surface area contributed by atoms with Crippen molar-refractivity contribution in [3.05, 3.63) is 0 Å². The van der Waals surface area contributed by atoms with Crippen LogP contribution in [0.4, 0.5) is 0 Å². The van der Waals surface area contributed by atoms with E-state index < -0.39 is 0 Å². The Morgan fingerprint density at radius 3 is 2.69 bits per heavy atom. The summed E-state index contributed by atoms with van der Waals surface area (Å²) in [5.74, 6) is -0.0103. The zero-order valence-corrected chi connectivity index (χ0v) is 9.87. The second kappa shape index (κ2) is 7.60. The molecule has 16 heavy (non-hydrogen) atoms. The van der Waals surface area contributed by atoms with Gasteiger partial charge in [0.05, 0.1) is 6.04 Å². The van der Waals surface area contributed by atoms with E-state index in [0.717, 1.165) is 45.2 Å². The maximum atomic E-state index is 11.7. The molecule has 5 nitrogen and oxygen atoms in total. The summed E-state index contributed by atoms with van der Waals surface area (Å²) < 4.78 is 0. The third-order valence-electron chi connectivity index (χ3n) is 2.99. The molecule has 1 aliphatic rings. The van der Waals surface area contributed by atoms with E-state index in [2.05, 4.69) is 10.6 Å². The summed E-state index contributed by atoms with van der Waals surface area (Å²) in [5.41, 5.74) is 11.2. The quantitative estimate of drug-likeness (QED) is 0.453. The molecule has 1 amide bonds. The molecule has 1 fully saturated rings. The van der Waals surface area contributed by atoms with E-state index in [4.69, 9.17) is 11.5 Å². The Morgan fingerprint density at radius 2 is 2.06 bits per heavy atom. The minimum Gasteiger partial charge on any atom is -0.352 e. The Labute approximate surface area is 97.3 Å². The van der Waals surface area contributed by atoms with Crippen LogP contribution in [0.25, 0.3) is 0 Å². The number of hydrogen-bond donors (Lipinski definition) is 4. The third kappa shape index (κ3) is 4.92. The average molecular weight is 228 g/mol. The predicted octanol–water partition coefficient (Wildman–Crippen LogP) is -0.689. The fourth-order valence-corrected chi connectivity index (χ4v) is 1.91. The van der Waals surface area contributed by atoms with Crippen molar-refractivity contribution >= 4 is 5.91 Å². The van der Waals surface area contributed by atoms with E-state index in [1.54, 1.807) is 0 Å². The summed E-state index contributed by atoms with van der Waals surface area (Å²) in [7, 11) is 0. The van der Waals surface area contributed by atoms with E-state index in [0.29, 0.717) is 12.6 Å². The number of piperidine rings is 1. The molecule has 0 saturated carbocycles. The summed E-state index contributed by atoms with van der Waals surface area (Å²) in [6.45, 7) is 2.63. The highest BCUT2D eigenvalue weighted by Gasteiger charge is 2.19. The monoisotopic (exact) mass is 228 g/mol. The normalized spacial score (nSPS) is 19.4. The Balaban J connectivity index is 2.16. The van der Waals surface area contributed by atoms with Crippen LogP contribution in [0, 0.1) is 0 Å². The summed E-state index contributed by atoms with van der Waals surface area (Å²) in [6.07, 6.45) is 4.60. The Kier molecular flexibility index (Phi) is 6.37. The van der Waals surface area contributed by atoms with Crippen molar-refractivity contribution in [1.29, 1.82) is 0 Å². The molecular formula is C11H24N4O. The highest BCUT2D eigenvalue weighted by atomic mass is 16.2. The van der Waals surface area contributed by atoms with Gasteiger partial charge < -0.3 is 22.1 Å². The molecule has 0 radical (unpaired) electrons. The van der Waals surface area contributed by atoms with Crippen LogP contribution in [-0.4, -0.2) is 37.6 Å².